The Morgan fingerprint density at radius 2 is 1.55 bits per heavy atom. The maximum Gasteiger partial charge on any atom is 0.416 e. The zero-order valence-corrected chi connectivity index (χ0v) is 11.3. The molecule has 2 aromatic rings. The molecule has 0 amide bonds. The minimum absolute atomic E-state index is 0.253. The van der Waals surface area contributed by atoms with Crippen LogP contribution in [-0.4, -0.2) is 7.05 Å². The SMILES string of the molecule is CNC(c1cccc(C)c1)c1cccc(C(F)(F)F)c1. The summed E-state index contributed by atoms with van der Waals surface area (Å²) in [6.45, 7) is 1.96. The lowest BCUT2D eigenvalue weighted by molar-refractivity contribution is -0.137. The molecule has 0 aromatic heterocycles. The Balaban J connectivity index is 2.42. The minimum Gasteiger partial charge on any atom is -0.309 e. The molecule has 4 heteroatoms. The Hall–Kier alpha value is -1.81. The summed E-state index contributed by atoms with van der Waals surface area (Å²) in [6, 6.07) is 12.9. The fourth-order valence-electron chi connectivity index (χ4n) is 2.27. The largest absolute Gasteiger partial charge is 0.416 e. The Bertz CT molecular complexity index is 590. The number of hydrogen-bond donors (Lipinski definition) is 1. The van der Waals surface area contributed by atoms with E-state index < -0.39 is 11.7 Å². The van der Waals surface area contributed by atoms with Gasteiger partial charge in [-0.3, -0.25) is 0 Å². The average Bonchev–Trinajstić information content (AvgIpc) is 2.39. The van der Waals surface area contributed by atoms with Crippen molar-refractivity contribution in [3.8, 4) is 0 Å². The molecule has 1 atom stereocenters. The lowest BCUT2D eigenvalue weighted by Crippen LogP contribution is -2.18. The molecule has 0 aliphatic heterocycles. The van der Waals surface area contributed by atoms with Crippen molar-refractivity contribution >= 4 is 0 Å². The van der Waals surface area contributed by atoms with E-state index in [2.05, 4.69) is 5.32 Å². The molecule has 2 rings (SSSR count). The van der Waals surface area contributed by atoms with Gasteiger partial charge in [-0.05, 0) is 37.2 Å². The summed E-state index contributed by atoms with van der Waals surface area (Å²) in [6.07, 6.45) is -4.32. The van der Waals surface area contributed by atoms with Crippen LogP contribution in [-0.2, 0) is 6.18 Å². The van der Waals surface area contributed by atoms with Crippen molar-refractivity contribution in [2.75, 3.05) is 7.05 Å². The van der Waals surface area contributed by atoms with Crippen molar-refractivity contribution in [1.82, 2.24) is 5.32 Å². The van der Waals surface area contributed by atoms with E-state index in [0.29, 0.717) is 5.56 Å². The molecule has 1 N–H and O–H groups in total. The third-order valence-electron chi connectivity index (χ3n) is 3.21. The zero-order valence-electron chi connectivity index (χ0n) is 11.3. The van der Waals surface area contributed by atoms with E-state index in [0.717, 1.165) is 17.2 Å². The van der Waals surface area contributed by atoms with Crippen LogP contribution in [0.1, 0.15) is 28.3 Å². The van der Waals surface area contributed by atoms with Crippen LogP contribution in [0, 0.1) is 6.92 Å². The van der Waals surface area contributed by atoms with Crippen LogP contribution in [0.4, 0.5) is 13.2 Å². The molecule has 106 valence electrons. The van der Waals surface area contributed by atoms with Gasteiger partial charge in [0.2, 0.25) is 0 Å². The molecule has 20 heavy (non-hydrogen) atoms. The van der Waals surface area contributed by atoms with Crippen molar-refractivity contribution in [3.63, 3.8) is 0 Å². The van der Waals surface area contributed by atoms with Crippen LogP contribution in [0.2, 0.25) is 0 Å². The number of nitrogens with one attached hydrogen (secondary N) is 1. The number of halogens is 3. The molecule has 0 aliphatic rings. The fraction of sp³-hybridized carbons (Fsp3) is 0.250. The first-order valence-electron chi connectivity index (χ1n) is 6.33. The Kier molecular flexibility index (Phi) is 4.14. The Labute approximate surface area is 116 Å². The molecule has 0 heterocycles. The van der Waals surface area contributed by atoms with Gasteiger partial charge in [-0.2, -0.15) is 13.2 Å². The maximum absolute atomic E-state index is 12.8. The molecular weight excluding hydrogens is 263 g/mol. The molecule has 0 saturated carbocycles. The molecule has 0 aliphatic carbocycles. The first-order chi connectivity index (χ1) is 9.41. The van der Waals surface area contributed by atoms with Gasteiger partial charge in [0.1, 0.15) is 0 Å². The summed E-state index contributed by atoms with van der Waals surface area (Å²) in [4.78, 5) is 0. The summed E-state index contributed by atoms with van der Waals surface area (Å²) in [5.74, 6) is 0. The van der Waals surface area contributed by atoms with E-state index in [9.17, 15) is 13.2 Å². The highest BCUT2D eigenvalue weighted by molar-refractivity contribution is 5.36. The van der Waals surface area contributed by atoms with Gasteiger partial charge in [-0.1, -0.05) is 42.0 Å². The van der Waals surface area contributed by atoms with Gasteiger partial charge in [-0.25, -0.2) is 0 Å². The van der Waals surface area contributed by atoms with Crippen molar-refractivity contribution in [3.05, 3.63) is 70.8 Å². The van der Waals surface area contributed by atoms with Crippen LogP contribution in [0.25, 0.3) is 0 Å². The molecule has 0 radical (unpaired) electrons. The first kappa shape index (κ1) is 14.6. The minimum atomic E-state index is -4.32. The van der Waals surface area contributed by atoms with Crippen molar-refractivity contribution in [2.45, 2.75) is 19.1 Å². The average molecular weight is 279 g/mol. The normalized spacial score (nSPS) is 13.2. The third-order valence-corrected chi connectivity index (χ3v) is 3.21. The summed E-state index contributed by atoms with van der Waals surface area (Å²) in [7, 11) is 1.74. The third kappa shape index (κ3) is 3.20. The second kappa shape index (κ2) is 5.67. The lowest BCUT2D eigenvalue weighted by atomic mass is 9.96. The Morgan fingerprint density at radius 3 is 2.10 bits per heavy atom. The van der Waals surface area contributed by atoms with Gasteiger partial charge >= 0.3 is 6.18 Å². The fourth-order valence-corrected chi connectivity index (χ4v) is 2.27. The molecule has 0 saturated heterocycles. The molecule has 0 fully saturated rings. The summed E-state index contributed by atoms with van der Waals surface area (Å²) >= 11 is 0. The van der Waals surface area contributed by atoms with Gasteiger partial charge in [0.15, 0.2) is 0 Å². The number of rotatable bonds is 3. The second-order valence-electron chi connectivity index (χ2n) is 4.76. The quantitative estimate of drug-likeness (QED) is 0.882. The molecule has 0 spiro atoms. The van der Waals surface area contributed by atoms with E-state index in [-0.39, 0.29) is 6.04 Å². The van der Waals surface area contributed by atoms with E-state index in [4.69, 9.17) is 0 Å². The van der Waals surface area contributed by atoms with Gasteiger partial charge in [-0.15, -0.1) is 0 Å². The van der Waals surface area contributed by atoms with Crippen LogP contribution in [0.5, 0.6) is 0 Å². The van der Waals surface area contributed by atoms with Crippen molar-refractivity contribution in [1.29, 1.82) is 0 Å². The number of alkyl halides is 3. The number of aryl methyl sites for hydroxylation is 1. The Morgan fingerprint density at radius 1 is 0.950 bits per heavy atom. The summed E-state index contributed by atoms with van der Waals surface area (Å²) in [5, 5.41) is 3.07. The van der Waals surface area contributed by atoms with Gasteiger partial charge < -0.3 is 5.32 Å². The van der Waals surface area contributed by atoms with E-state index >= 15 is 0 Å². The summed E-state index contributed by atoms with van der Waals surface area (Å²) in [5.41, 5.74) is 2.01. The van der Waals surface area contributed by atoms with Crippen LogP contribution in [0.15, 0.2) is 48.5 Å². The van der Waals surface area contributed by atoms with Crippen LogP contribution >= 0.6 is 0 Å². The van der Waals surface area contributed by atoms with E-state index in [1.807, 2.05) is 31.2 Å². The first-order valence-corrected chi connectivity index (χ1v) is 6.33. The van der Waals surface area contributed by atoms with Gasteiger partial charge in [0.25, 0.3) is 0 Å². The topological polar surface area (TPSA) is 12.0 Å². The van der Waals surface area contributed by atoms with Crippen molar-refractivity contribution in [2.24, 2.45) is 0 Å². The maximum atomic E-state index is 12.8. The highest BCUT2D eigenvalue weighted by atomic mass is 19.4. The van der Waals surface area contributed by atoms with Crippen molar-refractivity contribution < 1.29 is 13.2 Å². The van der Waals surface area contributed by atoms with Crippen LogP contribution in [0.3, 0.4) is 0 Å². The molecule has 2 aromatic carbocycles. The second-order valence-corrected chi connectivity index (χ2v) is 4.76. The van der Waals surface area contributed by atoms with Crippen LogP contribution < -0.4 is 5.32 Å². The van der Waals surface area contributed by atoms with Gasteiger partial charge in [0, 0.05) is 0 Å². The molecule has 1 unspecified atom stereocenters. The monoisotopic (exact) mass is 279 g/mol. The predicted octanol–water partition coefficient (Wildman–Crippen LogP) is 4.32. The number of benzene rings is 2. The highest BCUT2D eigenvalue weighted by Crippen LogP contribution is 2.32. The predicted molar refractivity (Wildman–Crippen MR) is 73.5 cm³/mol. The lowest BCUT2D eigenvalue weighted by Gasteiger charge is -2.19. The number of hydrogen-bond acceptors (Lipinski definition) is 1. The summed E-state index contributed by atoms with van der Waals surface area (Å²) < 4.78 is 38.3. The molecular formula is C16H16F3N. The molecule has 0 bridgehead atoms. The standard InChI is InChI=1S/C16H16F3N/c1-11-5-3-6-12(9-11)15(20-2)13-7-4-8-14(10-13)16(17,18)19/h3-10,15,20H,1-2H3. The smallest absolute Gasteiger partial charge is 0.309 e. The van der Waals surface area contributed by atoms with E-state index in [1.165, 1.54) is 12.1 Å². The van der Waals surface area contributed by atoms with E-state index in [1.54, 1.807) is 13.1 Å². The zero-order chi connectivity index (χ0) is 14.8. The van der Waals surface area contributed by atoms with Gasteiger partial charge in [0.05, 0.1) is 11.6 Å². The molecule has 1 nitrogen and oxygen atoms in total. The highest BCUT2D eigenvalue weighted by Gasteiger charge is 2.31.